The van der Waals surface area contributed by atoms with E-state index in [2.05, 4.69) is 66.8 Å². The number of rotatable bonds is 18. The average Bonchev–Trinajstić information content (AvgIpc) is 4.05. The van der Waals surface area contributed by atoms with Crippen LogP contribution in [-0.4, -0.2) is 133 Å². The van der Waals surface area contributed by atoms with Crippen molar-refractivity contribution in [2.75, 3.05) is 27.2 Å². The van der Waals surface area contributed by atoms with Gasteiger partial charge in [0.2, 0.25) is 35.4 Å². The smallest absolute Gasteiger partial charge is 0.251 e. The Hall–Kier alpha value is -6.66. The molecule has 2 saturated carbocycles. The Bertz CT molecular complexity index is 2580. The zero-order valence-electron chi connectivity index (χ0n) is 48.6. The summed E-state index contributed by atoms with van der Waals surface area (Å²) in [6.07, 6.45) is 16.5. The van der Waals surface area contributed by atoms with E-state index in [9.17, 15) is 38.4 Å². The van der Waals surface area contributed by atoms with Crippen LogP contribution in [0.3, 0.4) is 0 Å². The molecule has 82 heavy (non-hydrogen) atoms. The molecule has 4 fully saturated rings. The highest BCUT2D eigenvalue weighted by atomic mass is 16.2. The van der Waals surface area contributed by atoms with E-state index in [0.717, 1.165) is 127 Å². The molecule has 0 radical (unpaired) electrons. The first-order valence-corrected chi connectivity index (χ1v) is 30.8. The number of aryl methyl sites for hydroxylation is 2. The summed E-state index contributed by atoms with van der Waals surface area (Å²) in [5.41, 5.74) is 5.07. The maximum atomic E-state index is 15.0. The van der Waals surface area contributed by atoms with Gasteiger partial charge in [-0.05, 0) is 163 Å². The molecule has 18 nitrogen and oxygen atoms in total. The molecule has 2 saturated heterocycles. The lowest BCUT2D eigenvalue weighted by atomic mass is 9.83. The number of likely N-dealkylation sites (tertiary alicyclic amines) is 2. The summed E-state index contributed by atoms with van der Waals surface area (Å²) < 4.78 is 0. The van der Waals surface area contributed by atoms with E-state index in [4.69, 9.17) is 0 Å². The zero-order valence-corrected chi connectivity index (χ0v) is 48.6. The van der Waals surface area contributed by atoms with Crippen LogP contribution < -0.4 is 42.5 Å². The lowest BCUT2D eigenvalue weighted by Gasteiger charge is -2.35. The summed E-state index contributed by atoms with van der Waals surface area (Å²) in [6.45, 7) is 3.60. The Morgan fingerprint density at radius 2 is 0.817 bits per heavy atom. The van der Waals surface area contributed by atoms with Gasteiger partial charge in [0, 0.05) is 36.3 Å². The number of carbonyl (C=O) groups excluding carboxylic acids is 8. The maximum Gasteiger partial charge on any atom is 0.251 e. The van der Waals surface area contributed by atoms with Gasteiger partial charge in [-0.15, -0.1) is 0 Å². The van der Waals surface area contributed by atoms with Gasteiger partial charge in [0.25, 0.3) is 11.8 Å². The van der Waals surface area contributed by atoms with Crippen molar-refractivity contribution in [2.24, 2.45) is 11.8 Å². The summed E-state index contributed by atoms with van der Waals surface area (Å²) in [5, 5.41) is 24.9. The second kappa shape index (κ2) is 28.1. The van der Waals surface area contributed by atoms with E-state index in [1.165, 1.54) is 11.1 Å². The van der Waals surface area contributed by atoms with Crippen LogP contribution in [-0.2, 0) is 41.6 Å². The second-order valence-corrected chi connectivity index (χ2v) is 24.2. The lowest BCUT2D eigenvalue weighted by molar-refractivity contribution is -0.143. The third-order valence-corrected chi connectivity index (χ3v) is 18.7. The maximum absolute atomic E-state index is 15.0. The number of amides is 8. The van der Waals surface area contributed by atoms with Crippen LogP contribution in [0.25, 0.3) is 0 Å². The summed E-state index contributed by atoms with van der Waals surface area (Å²) in [4.78, 5) is 118. The SMILES string of the molecule is CN[C@@H](C)C(=O)N[C@H](C(=O)N1C[C@@H](NC(=O)c2ccc(C(=O)N[C@H]3C[C@@H](C(=O)N[C@H]4CCCCc5ccccc54)N(C(=O)[C@@H](NC(=O)[C@H](C)NC)C4CCCCC4)C3)cc2)C[C@H]1C(=O)N[C@H]1CCCCc2ccccc21)C1CCCCC1. The van der Waals surface area contributed by atoms with Crippen LogP contribution >= 0.6 is 0 Å². The van der Waals surface area contributed by atoms with Crippen molar-refractivity contribution in [2.45, 2.75) is 203 Å². The third kappa shape index (κ3) is 14.4. The monoisotopic (exact) mass is 1120 g/mol. The highest BCUT2D eigenvalue weighted by Gasteiger charge is 2.47. The molecule has 10 atom stereocenters. The number of nitrogens with one attached hydrogen (secondary N) is 8. The standard InChI is InChI=1S/C64H88N10O8/c1-39(65-3)57(75)71-55(43-23-7-5-8-24-43)63(81)73-37-47(35-53(73)61(79)69-51-29-17-13-21-41-19-11-15-27-49(41)51)67-59(77)45-31-33-46(34-32-45)60(78)68-48-36-54(62(80)70-52-30-18-14-22-42-20-12-16-28-50(42)52)74(38-48)64(82)56(44-25-9-6-10-26-44)72-58(76)40(2)66-4/h11-12,15-16,19-20,27-28,31-34,39-40,43-44,47-48,51-56,65-66H,5-10,13-14,17-18,21-26,29-30,35-38H2,1-4H3,(H,67,77)(H,68,78)(H,69,79)(H,70,80)(H,71,75)(H,72,76)/t39-,40-,47-,48-,51-,52-,53-,54-,55-,56-/m0/s1. The van der Waals surface area contributed by atoms with Crippen molar-refractivity contribution in [3.8, 4) is 0 Å². The van der Waals surface area contributed by atoms with Gasteiger partial charge in [-0.25, -0.2) is 0 Å². The van der Waals surface area contributed by atoms with Crippen LogP contribution in [0.4, 0.5) is 0 Å². The lowest BCUT2D eigenvalue weighted by Crippen LogP contribution is -2.58. The highest BCUT2D eigenvalue weighted by molar-refractivity contribution is 5.99. The first-order valence-electron chi connectivity index (χ1n) is 30.8. The molecule has 9 rings (SSSR count). The molecule has 0 bridgehead atoms. The number of hydrogen-bond donors (Lipinski definition) is 8. The van der Waals surface area contributed by atoms with Gasteiger partial charge >= 0.3 is 0 Å². The van der Waals surface area contributed by atoms with Gasteiger partial charge in [0.05, 0.1) is 24.2 Å². The quantitative estimate of drug-likeness (QED) is 0.0734. The third-order valence-electron chi connectivity index (χ3n) is 18.7. The van der Waals surface area contributed by atoms with Crippen molar-refractivity contribution in [1.82, 2.24) is 52.3 Å². The molecule has 0 unspecified atom stereocenters. The number of nitrogens with zero attached hydrogens (tertiary/aromatic N) is 2. The van der Waals surface area contributed by atoms with E-state index >= 15 is 0 Å². The first-order chi connectivity index (χ1) is 39.7. The molecule has 0 spiro atoms. The normalized spacial score (nSPS) is 24.6. The van der Waals surface area contributed by atoms with E-state index in [1.54, 1.807) is 62.0 Å². The molecular formula is C64H88N10O8. The van der Waals surface area contributed by atoms with Crippen molar-refractivity contribution < 1.29 is 38.4 Å². The van der Waals surface area contributed by atoms with Crippen molar-refractivity contribution in [3.63, 3.8) is 0 Å². The van der Waals surface area contributed by atoms with Crippen LogP contribution in [0.15, 0.2) is 72.8 Å². The van der Waals surface area contributed by atoms with Gasteiger partial charge in [-0.2, -0.15) is 0 Å². The fourth-order valence-electron chi connectivity index (χ4n) is 13.7. The molecule has 3 aromatic carbocycles. The molecule has 18 heteroatoms. The Morgan fingerprint density at radius 1 is 0.451 bits per heavy atom. The Kier molecular flexibility index (Phi) is 20.5. The molecule has 2 aliphatic heterocycles. The van der Waals surface area contributed by atoms with E-state index < -0.39 is 60.1 Å². The molecule has 6 aliphatic rings. The van der Waals surface area contributed by atoms with Gasteiger partial charge in [0.15, 0.2) is 0 Å². The Labute approximate surface area is 484 Å². The second-order valence-electron chi connectivity index (χ2n) is 24.2. The molecule has 4 aliphatic carbocycles. The Balaban J connectivity index is 0.903. The first kappa shape index (κ1) is 59.9. The molecular weight excluding hydrogens is 1040 g/mol. The Morgan fingerprint density at radius 3 is 1.20 bits per heavy atom. The van der Waals surface area contributed by atoms with E-state index in [-0.39, 0.29) is 96.4 Å². The summed E-state index contributed by atoms with van der Waals surface area (Å²) in [7, 11) is 3.39. The van der Waals surface area contributed by atoms with Gasteiger partial charge in [0.1, 0.15) is 24.2 Å². The molecule has 442 valence electrons. The van der Waals surface area contributed by atoms with Crippen LogP contribution in [0, 0.1) is 11.8 Å². The molecule has 2 heterocycles. The minimum Gasteiger partial charge on any atom is -0.347 e. The predicted molar refractivity (Wildman–Crippen MR) is 313 cm³/mol. The fraction of sp³-hybridized carbons (Fsp3) is 0.594. The predicted octanol–water partition coefficient (Wildman–Crippen LogP) is 5.60. The zero-order chi connectivity index (χ0) is 57.9. The fourth-order valence-corrected chi connectivity index (χ4v) is 13.7. The topological polar surface area (TPSA) is 239 Å². The van der Waals surface area contributed by atoms with Crippen LogP contribution in [0.2, 0.25) is 0 Å². The minimum absolute atomic E-state index is 0.0573. The van der Waals surface area contributed by atoms with Gasteiger partial charge in [-0.3, -0.25) is 38.4 Å². The van der Waals surface area contributed by atoms with Crippen LogP contribution in [0.1, 0.15) is 184 Å². The summed E-state index contributed by atoms with van der Waals surface area (Å²) in [5.74, 6) is -2.97. The molecule has 3 aromatic rings. The molecule has 8 amide bonds. The molecule has 8 N–H and O–H groups in total. The van der Waals surface area contributed by atoms with Crippen molar-refractivity contribution >= 4 is 47.3 Å². The van der Waals surface area contributed by atoms with Gasteiger partial charge in [-0.1, -0.05) is 99.9 Å². The van der Waals surface area contributed by atoms with Crippen LogP contribution in [0.5, 0.6) is 0 Å². The number of fused-ring (bicyclic) bond motifs is 2. The van der Waals surface area contributed by atoms with Crippen molar-refractivity contribution in [1.29, 1.82) is 0 Å². The number of benzene rings is 3. The highest BCUT2D eigenvalue weighted by Crippen LogP contribution is 2.35. The average molecular weight is 1130 g/mol. The minimum atomic E-state index is -0.913. The van der Waals surface area contributed by atoms with Crippen molar-refractivity contribution in [3.05, 3.63) is 106 Å². The van der Waals surface area contributed by atoms with Gasteiger partial charge < -0.3 is 52.3 Å². The largest absolute Gasteiger partial charge is 0.347 e. The summed E-state index contributed by atoms with van der Waals surface area (Å²) in [6, 6.07) is 16.2. The summed E-state index contributed by atoms with van der Waals surface area (Å²) >= 11 is 0. The molecule has 0 aromatic heterocycles. The van der Waals surface area contributed by atoms with E-state index in [1.807, 2.05) is 24.3 Å². The number of likely N-dealkylation sites (N-methyl/N-ethyl adjacent to an activating group) is 2. The number of hydrogen-bond acceptors (Lipinski definition) is 10. The van der Waals surface area contributed by atoms with E-state index in [0.29, 0.717) is 0 Å². The number of carbonyl (C=O) groups is 8.